The first-order chi connectivity index (χ1) is 9.15. The second kappa shape index (κ2) is 5.93. The summed E-state index contributed by atoms with van der Waals surface area (Å²) in [6.07, 6.45) is 0. The summed E-state index contributed by atoms with van der Waals surface area (Å²) in [7, 11) is 0. The van der Waals surface area contributed by atoms with Gasteiger partial charge in [-0.3, -0.25) is 4.79 Å². The molecule has 1 aliphatic heterocycles. The molecule has 0 aromatic heterocycles. The van der Waals surface area contributed by atoms with Crippen LogP contribution < -0.4 is 9.47 Å². The first-order valence-corrected chi connectivity index (χ1v) is 6.45. The molecule has 19 heavy (non-hydrogen) atoms. The van der Waals surface area contributed by atoms with E-state index in [0.29, 0.717) is 36.8 Å². The summed E-state index contributed by atoms with van der Waals surface area (Å²) in [5.74, 6) is 0.957. The first-order valence-electron chi connectivity index (χ1n) is 6.45. The SMILES string of the molecule is CC(C)N(CCO)C(=O)c1cccc2c1OCCO2. The van der Waals surface area contributed by atoms with Crippen LogP contribution in [0.3, 0.4) is 0 Å². The Morgan fingerprint density at radius 1 is 1.37 bits per heavy atom. The Hall–Kier alpha value is -1.75. The van der Waals surface area contributed by atoms with Gasteiger partial charge in [-0.15, -0.1) is 0 Å². The van der Waals surface area contributed by atoms with Crippen molar-refractivity contribution in [1.82, 2.24) is 4.90 Å². The van der Waals surface area contributed by atoms with Gasteiger partial charge < -0.3 is 19.5 Å². The van der Waals surface area contributed by atoms with Crippen LogP contribution in [0.15, 0.2) is 18.2 Å². The Labute approximate surface area is 112 Å². The average molecular weight is 265 g/mol. The lowest BCUT2D eigenvalue weighted by Gasteiger charge is -2.28. The van der Waals surface area contributed by atoms with Gasteiger partial charge in [0, 0.05) is 12.6 Å². The topological polar surface area (TPSA) is 59.0 Å². The molecule has 1 amide bonds. The first kappa shape index (κ1) is 13.7. The van der Waals surface area contributed by atoms with Crippen LogP contribution in [0.5, 0.6) is 11.5 Å². The van der Waals surface area contributed by atoms with Crippen molar-refractivity contribution in [3.8, 4) is 11.5 Å². The number of ether oxygens (including phenoxy) is 2. The largest absolute Gasteiger partial charge is 0.486 e. The Morgan fingerprint density at radius 3 is 2.79 bits per heavy atom. The van der Waals surface area contributed by atoms with Crippen LogP contribution in [0.2, 0.25) is 0 Å². The fourth-order valence-electron chi connectivity index (χ4n) is 2.10. The summed E-state index contributed by atoms with van der Waals surface area (Å²) in [6.45, 7) is 5.02. The molecule has 5 nitrogen and oxygen atoms in total. The number of carbonyl (C=O) groups excluding carboxylic acids is 1. The highest BCUT2D eigenvalue weighted by Crippen LogP contribution is 2.34. The molecule has 0 fully saturated rings. The van der Waals surface area contributed by atoms with Crippen LogP contribution >= 0.6 is 0 Å². The highest BCUT2D eigenvalue weighted by Gasteiger charge is 2.25. The van der Waals surface area contributed by atoms with Gasteiger partial charge in [-0.25, -0.2) is 0 Å². The summed E-state index contributed by atoms with van der Waals surface area (Å²) in [4.78, 5) is 14.1. The van der Waals surface area contributed by atoms with E-state index >= 15 is 0 Å². The second-order valence-electron chi connectivity index (χ2n) is 4.65. The molecule has 0 radical (unpaired) electrons. The Morgan fingerprint density at radius 2 is 2.11 bits per heavy atom. The number of nitrogens with zero attached hydrogens (tertiary/aromatic N) is 1. The van der Waals surface area contributed by atoms with Gasteiger partial charge in [0.1, 0.15) is 13.2 Å². The van der Waals surface area contributed by atoms with Gasteiger partial charge >= 0.3 is 0 Å². The lowest BCUT2D eigenvalue weighted by molar-refractivity contribution is 0.0655. The van der Waals surface area contributed by atoms with Gasteiger partial charge in [0.05, 0.1) is 12.2 Å². The van der Waals surface area contributed by atoms with Crippen LogP contribution in [0, 0.1) is 0 Å². The minimum atomic E-state index is -0.147. The number of para-hydroxylation sites is 1. The number of aliphatic hydroxyl groups excluding tert-OH is 1. The second-order valence-corrected chi connectivity index (χ2v) is 4.65. The summed E-state index contributed by atoms with van der Waals surface area (Å²) in [5.41, 5.74) is 0.486. The molecule has 0 saturated carbocycles. The standard InChI is InChI=1S/C14H19NO4/c1-10(2)15(6-7-16)14(17)11-4-3-5-12-13(11)19-9-8-18-12/h3-5,10,16H,6-9H2,1-2H3. The highest BCUT2D eigenvalue weighted by atomic mass is 16.6. The van der Waals surface area contributed by atoms with Crippen LogP contribution in [-0.4, -0.2) is 48.3 Å². The molecular weight excluding hydrogens is 246 g/mol. The van der Waals surface area contributed by atoms with E-state index in [1.54, 1.807) is 23.1 Å². The lowest BCUT2D eigenvalue weighted by atomic mass is 10.1. The van der Waals surface area contributed by atoms with Crippen molar-refractivity contribution in [2.45, 2.75) is 19.9 Å². The van der Waals surface area contributed by atoms with Crippen LogP contribution in [0.1, 0.15) is 24.2 Å². The van der Waals surface area contributed by atoms with E-state index in [-0.39, 0.29) is 18.6 Å². The molecule has 0 bridgehead atoms. The smallest absolute Gasteiger partial charge is 0.258 e. The Kier molecular flexibility index (Phi) is 4.27. The van der Waals surface area contributed by atoms with E-state index in [9.17, 15) is 4.79 Å². The quantitative estimate of drug-likeness (QED) is 0.891. The lowest BCUT2D eigenvalue weighted by Crippen LogP contribution is -2.39. The molecule has 5 heteroatoms. The van der Waals surface area contributed by atoms with Crippen molar-refractivity contribution in [3.63, 3.8) is 0 Å². The zero-order valence-corrected chi connectivity index (χ0v) is 11.3. The maximum Gasteiger partial charge on any atom is 0.258 e. The molecule has 0 aliphatic carbocycles. The summed E-state index contributed by atoms with van der Waals surface area (Å²) in [6, 6.07) is 5.30. The minimum Gasteiger partial charge on any atom is -0.486 e. The third kappa shape index (κ3) is 2.81. The molecule has 1 aliphatic rings. The fourth-order valence-corrected chi connectivity index (χ4v) is 2.10. The van der Waals surface area contributed by atoms with Crippen molar-refractivity contribution in [2.24, 2.45) is 0 Å². The maximum atomic E-state index is 12.5. The van der Waals surface area contributed by atoms with Crippen LogP contribution in [-0.2, 0) is 0 Å². The van der Waals surface area contributed by atoms with Gasteiger partial charge in [-0.1, -0.05) is 6.07 Å². The van der Waals surface area contributed by atoms with E-state index in [1.165, 1.54) is 0 Å². The molecule has 0 spiro atoms. The molecule has 1 aromatic rings. The van der Waals surface area contributed by atoms with Crippen LogP contribution in [0.4, 0.5) is 0 Å². The van der Waals surface area contributed by atoms with E-state index in [2.05, 4.69) is 0 Å². The highest BCUT2D eigenvalue weighted by molar-refractivity contribution is 5.98. The van der Waals surface area contributed by atoms with Gasteiger partial charge in [0.25, 0.3) is 5.91 Å². The van der Waals surface area contributed by atoms with Crippen molar-refractivity contribution in [3.05, 3.63) is 23.8 Å². The maximum absolute atomic E-state index is 12.5. The number of carbonyl (C=O) groups is 1. The van der Waals surface area contributed by atoms with Gasteiger partial charge in [0.2, 0.25) is 0 Å². The van der Waals surface area contributed by atoms with Gasteiger partial charge in [-0.05, 0) is 26.0 Å². The summed E-state index contributed by atoms with van der Waals surface area (Å²) >= 11 is 0. The third-order valence-corrected chi connectivity index (χ3v) is 3.02. The third-order valence-electron chi connectivity index (χ3n) is 3.02. The number of aliphatic hydroxyl groups is 1. The summed E-state index contributed by atoms with van der Waals surface area (Å²) < 4.78 is 11.0. The molecule has 104 valence electrons. The number of benzene rings is 1. The number of amides is 1. The Balaban J connectivity index is 2.32. The molecule has 1 N–H and O–H groups in total. The van der Waals surface area contributed by atoms with Crippen molar-refractivity contribution >= 4 is 5.91 Å². The number of hydrogen-bond donors (Lipinski definition) is 1. The van der Waals surface area contributed by atoms with Gasteiger partial charge in [-0.2, -0.15) is 0 Å². The number of hydrogen-bond acceptors (Lipinski definition) is 4. The molecule has 0 unspecified atom stereocenters. The summed E-state index contributed by atoms with van der Waals surface area (Å²) in [5, 5.41) is 9.07. The van der Waals surface area contributed by atoms with Crippen LogP contribution in [0.25, 0.3) is 0 Å². The van der Waals surface area contributed by atoms with E-state index in [4.69, 9.17) is 14.6 Å². The van der Waals surface area contributed by atoms with Crippen molar-refractivity contribution in [2.75, 3.05) is 26.4 Å². The predicted molar refractivity (Wildman–Crippen MR) is 70.7 cm³/mol. The average Bonchev–Trinajstić information content (AvgIpc) is 2.43. The number of fused-ring (bicyclic) bond motifs is 1. The molecule has 1 aromatic carbocycles. The van der Waals surface area contributed by atoms with E-state index in [1.807, 2.05) is 13.8 Å². The predicted octanol–water partition coefficient (Wildman–Crippen LogP) is 1.30. The number of rotatable bonds is 4. The van der Waals surface area contributed by atoms with Crippen molar-refractivity contribution in [1.29, 1.82) is 0 Å². The monoisotopic (exact) mass is 265 g/mol. The van der Waals surface area contributed by atoms with Gasteiger partial charge in [0.15, 0.2) is 11.5 Å². The molecule has 0 saturated heterocycles. The minimum absolute atomic E-state index is 0.0139. The van der Waals surface area contributed by atoms with E-state index in [0.717, 1.165) is 0 Å². The molecule has 2 rings (SSSR count). The zero-order chi connectivity index (χ0) is 13.8. The molecule has 0 atom stereocenters. The zero-order valence-electron chi connectivity index (χ0n) is 11.3. The van der Waals surface area contributed by atoms with Crippen molar-refractivity contribution < 1.29 is 19.4 Å². The molecule has 1 heterocycles. The molecular formula is C14H19NO4. The normalized spacial score (nSPS) is 13.5. The fraction of sp³-hybridized carbons (Fsp3) is 0.500. The Bertz CT molecular complexity index is 459. The van der Waals surface area contributed by atoms with E-state index < -0.39 is 0 Å².